The minimum Gasteiger partial charge on any atom is -0.310 e. The molecule has 1 aromatic heterocycles. The van der Waals surface area contributed by atoms with Crippen molar-refractivity contribution in [1.82, 2.24) is 5.32 Å². The summed E-state index contributed by atoms with van der Waals surface area (Å²) in [5, 5.41) is 3.45. The van der Waals surface area contributed by atoms with E-state index in [0.717, 1.165) is 13.0 Å². The zero-order chi connectivity index (χ0) is 10.6. The quantitative estimate of drug-likeness (QED) is 0.735. The number of hydrogen-bond acceptors (Lipinski definition) is 2. The van der Waals surface area contributed by atoms with E-state index >= 15 is 0 Å². The van der Waals surface area contributed by atoms with Crippen molar-refractivity contribution in [2.75, 3.05) is 6.54 Å². The minimum absolute atomic E-state index is 0.532. The maximum Gasteiger partial charge on any atom is 0.0161 e. The molecule has 2 heteroatoms. The Balaban J connectivity index is 2.33. The molecular formula is C12H19NS. The van der Waals surface area contributed by atoms with Crippen LogP contribution in [0.25, 0.3) is 0 Å². The third-order valence-electron chi connectivity index (χ3n) is 2.06. The van der Waals surface area contributed by atoms with Gasteiger partial charge in [-0.05, 0) is 39.3 Å². The van der Waals surface area contributed by atoms with Crippen molar-refractivity contribution < 1.29 is 0 Å². The number of thiophene rings is 1. The third-order valence-corrected chi connectivity index (χ3v) is 3.08. The SMILES string of the molecule is C=C(C)CNC(C)Cc1ccc(C)s1. The average Bonchev–Trinajstić information content (AvgIpc) is 2.48. The second-order valence-electron chi connectivity index (χ2n) is 3.96. The second-order valence-corrected chi connectivity index (χ2v) is 5.33. The standard InChI is InChI=1S/C12H19NS/c1-9(2)8-13-10(3)7-12-6-5-11(4)14-12/h5-6,10,13H,1,7-8H2,2-4H3. The molecule has 0 spiro atoms. The lowest BCUT2D eigenvalue weighted by molar-refractivity contribution is 0.576. The first-order valence-electron chi connectivity index (χ1n) is 5.01. The highest BCUT2D eigenvalue weighted by Crippen LogP contribution is 2.16. The number of aryl methyl sites for hydroxylation is 1. The Labute approximate surface area is 90.9 Å². The van der Waals surface area contributed by atoms with E-state index in [1.807, 2.05) is 11.3 Å². The Kier molecular flexibility index (Phi) is 4.36. The van der Waals surface area contributed by atoms with Crippen LogP contribution >= 0.6 is 11.3 Å². The van der Waals surface area contributed by atoms with E-state index in [1.54, 1.807) is 0 Å². The first kappa shape index (κ1) is 11.5. The summed E-state index contributed by atoms with van der Waals surface area (Å²) in [4.78, 5) is 2.86. The molecule has 0 aromatic carbocycles. The molecule has 78 valence electrons. The lowest BCUT2D eigenvalue weighted by Gasteiger charge is -2.12. The summed E-state index contributed by atoms with van der Waals surface area (Å²) < 4.78 is 0. The molecule has 0 aliphatic heterocycles. The molecule has 1 heterocycles. The molecule has 0 fully saturated rings. The first-order chi connectivity index (χ1) is 6.58. The van der Waals surface area contributed by atoms with Crippen LogP contribution in [-0.4, -0.2) is 12.6 Å². The molecular weight excluding hydrogens is 190 g/mol. The highest BCUT2D eigenvalue weighted by atomic mass is 32.1. The number of nitrogens with one attached hydrogen (secondary N) is 1. The van der Waals surface area contributed by atoms with Gasteiger partial charge in [0.25, 0.3) is 0 Å². The molecule has 0 bridgehead atoms. The van der Waals surface area contributed by atoms with Crippen LogP contribution in [0.15, 0.2) is 24.3 Å². The van der Waals surface area contributed by atoms with Crippen LogP contribution in [-0.2, 0) is 6.42 Å². The zero-order valence-corrected chi connectivity index (χ0v) is 10.1. The molecule has 1 nitrogen and oxygen atoms in total. The lowest BCUT2D eigenvalue weighted by Crippen LogP contribution is -2.28. The van der Waals surface area contributed by atoms with Crippen molar-refractivity contribution >= 4 is 11.3 Å². The lowest BCUT2D eigenvalue weighted by atomic mass is 10.2. The summed E-state index contributed by atoms with van der Waals surface area (Å²) in [6.07, 6.45) is 1.12. The summed E-state index contributed by atoms with van der Waals surface area (Å²) in [7, 11) is 0. The average molecular weight is 209 g/mol. The van der Waals surface area contributed by atoms with Gasteiger partial charge in [-0.2, -0.15) is 0 Å². The topological polar surface area (TPSA) is 12.0 Å². The molecule has 0 aliphatic rings. The van der Waals surface area contributed by atoms with Crippen molar-refractivity contribution in [3.63, 3.8) is 0 Å². The highest BCUT2D eigenvalue weighted by molar-refractivity contribution is 7.11. The number of rotatable bonds is 5. The molecule has 0 aliphatic carbocycles. The van der Waals surface area contributed by atoms with E-state index in [2.05, 4.69) is 44.8 Å². The third kappa shape index (κ3) is 4.07. The van der Waals surface area contributed by atoms with E-state index in [1.165, 1.54) is 15.3 Å². The zero-order valence-electron chi connectivity index (χ0n) is 9.26. The molecule has 1 rings (SSSR count). The fourth-order valence-corrected chi connectivity index (χ4v) is 2.34. The van der Waals surface area contributed by atoms with Crippen LogP contribution < -0.4 is 5.32 Å². The predicted molar refractivity (Wildman–Crippen MR) is 65.0 cm³/mol. The fourth-order valence-electron chi connectivity index (χ4n) is 1.32. The van der Waals surface area contributed by atoms with Gasteiger partial charge in [0.1, 0.15) is 0 Å². The van der Waals surface area contributed by atoms with Crippen LogP contribution in [0.1, 0.15) is 23.6 Å². The summed E-state index contributed by atoms with van der Waals surface area (Å²) in [5.74, 6) is 0. The molecule has 1 atom stereocenters. The van der Waals surface area contributed by atoms with Gasteiger partial charge < -0.3 is 5.32 Å². The maximum absolute atomic E-state index is 3.88. The van der Waals surface area contributed by atoms with Crippen LogP contribution in [0.3, 0.4) is 0 Å². The summed E-state index contributed by atoms with van der Waals surface area (Å²) in [6.45, 7) is 11.2. The van der Waals surface area contributed by atoms with Gasteiger partial charge in [-0.25, -0.2) is 0 Å². The molecule has 0 saturated heterocycles. The van der Waals surface area contributed by atoms with Gasteiger partial charge in [-0.1, -0.05) is 12.2 Å². The Morgan fingerprint density at radius 3 is 2.79 bits per heavy atom. The summed E-state index contributed by atoms with van der Waals surface area (Å²) in [5.41, 5.74) is 1.19. The predicted octanol–water partition coefficient (Wildman–Crippen LogP) is 3.15. The van der Waals surface area contributed by atoms with E-state index in [0.29, 0.717) is 6.04 Å². The van der Waals surface area contributed by atoms with E-state index in [9.17, 15) is 0 Å². The smallest absolute Gasteiger partial charge is 0.0161 e. The van der Waals surface area contributed by atoms with Crippen molar-refractivity contribution in [2.24, 2.45) is 0 Å². The highest BCUT2D eigenvalue weighted by Gasteiger charge is 2.04. The summed E-state index contributed by atoms with van der Waals surface area (Å²) >= 11 is 1.89. The van der Waals surface area contributed by atoms with Crippen molar-refractivity contribution in [1.29, 1.82) is 0 Å². The maximum atomic E-state index is 3.88. The van der Waals surface area contributed by atoms with Gasteiger partial charge in [-0.3, -0.25) is 0 Å². The molecule has 0 radical (unpaired) electrons. The molecule has 1 unspecified atom stereocenters. The van der Waals surface area contributed by atoms with Gasteiger partial charge in [-0.15, -0.1) is 11.3 Å². The van der Waals surface area contributed by atoms with Gasteiger partial charge in [0.15, 0.2) is 0 Å². The molecule has 0 saturated carbocycles. The Bertz CT molecular complexity index is 301. The van der Waals surface area contributed by atoms with Crippen LogP contribution in [0.5, 0.6) is 0 Å². The Morgan fingerprint density at radius 1 is 1.57 bits per heavy atom. The normalized spacial score (nSPS) is 12.8. The van der Waals surface area contributed by atoms with Gasteiger partial charge in [0.2, 0.25) is 0 Å². The molecule has 1 aromatic rings. The van der Waals surface area contributed by atoms with Crippen molar-refractivity contribution in [3.8, 4) is 0 Å². The van der Waals surface area contributed by atoms with Crippen molar-refractivity contribution in [3.05, 3.63) is 34.0 Å². The molecule has 14 heavy (non-hydrogen) atoms. The molecule has 1 N–H and O–H groups in total. The van der Waals surface area contributed by atoms with Gasteiger partial charge >= 0.3 is 0 Å². The Morgan fingerprint density at radius 2 is 2.29 bits per heavy atom. The number of hydrogen-bond donors (Lipinski definition) is 1. The van der Waals surface area contributed by atoms with Gasteiger partial charge in [0, 0.05) is 22.3 Å². The van der Waals surface area contributed by atoms with Crippen LogP contribution in [0.2, 0.25) is 0 Å². The van der Waals surface area contributed by atoms with Crippen molar-refractivity contribution in [2.45, 2.75) is 33.2 Å². The Hall–Kier alpha value is -0.600. The van der Waals surface area contributed by atoms with E-state index in [4.69, 9.17) is 0 Å². The van der Waals surface area contributed by atoms with E-state index < -0.39 is 0 Å². The monoisotopic (exact) mass is 209 g/mol. The van der Waals surface area contributed by atoms with E-state index in [-0.39, 0.29) is 0 Å². The molecule has 0 amide bonds. The first-order valence-corrected chi connectivity index (χ1v) is 5.82. The second kappa shape index (κ2) is 5.32. The minimum atomic E-state index is 0.532. The largest absolute Gasteiger partial charge is 0.310 e. The van der Waals surface area contributed by atoms with Crippen LogP contribution in [0.4, 0.5) is 0 Å². The van der Waals surface area contributed by atoms with Gasteiger partial charge in [0.05, 0.1) is 0 Å². The van der Waals surface area contributed by atoms with Crippen LogP contribution in [0, 0.1) is 6.92 Å². The fraction of sp³-hybridized carbons (Fsp3) is 0.500. The summed E-state index contributed by atoms with van der Waals surface area (Å²) in [6, 6.07) is 4.94.